The zero-order valence-corrected chi connectivity index (χ0v) is 16.8. The van der Waals surface area contributed by atoms with Crippen LogP contribution in [0.25, 0.3) is 22.2 Å². The van der Waals surface area contributed by atoms with Crippen LogP contribution in [-0.2, 0) is 0 Å². The number of hydrogen-bond acceptors (Lipinski definition) is 3. The van der Waals surface area contributed by atoms with Crippen LogP contribution in [-0.4, -0.2) is 15.2 Å². The Morgan fingerprint density at radius 1 is 0.931 bits per heavy atom. The number of para-hydroxylation sites is 1. The molecule has 2 aromatic carbocycles. The van der Waals surface area contributed by atoms with E-state index < -0.39 is 0 Å². The van der Waals surface area contributed by atoms with Gasteiger partial charge in [0.05, 0.1) is 11.2 Å². The second kappa shape index (κ2) is 7.70. The summed E-state index contributed by atoms with van der Waals surface area (Å²) in [6.45, 7) is 2.15. The summed E-state index contributed by atoms with van der Waals surface area (Å²) in [4.78, 5) is 5.11. The molecule has 4 nitrogen and oxygen atoms in total. The molecule has 2 N–H and O–H groups in total. The number of nitrogens with zero attached hydrogens (tertiary/aromatic N) is 2. The van der Waals surface area contributed by atoms with Crippen molar-refractivity contribution in [2.24, 2.45) is 0 Å². The normalized spacial score (nSPS) is 14.9. The van der Waals surface area contributed by atoms with E-state index >= 15 is 0 Å². The Balaban J connectivity index is 1.58. The zero-order valence-electron chi connectivity index (χ0n) is 16.8. The second-order valence-electron chi connectivity index (χ2n) is 8.06. The number of benzene rings is 2. The summed E-state index contributed by atoms with van der Waals surface area (Å²) in [5.74, 6) is 1.40. The molecule has 1 fully saturated rings. The highest BCUT2D eigenvalue weighted by atomic mass is 15.2. The first-order chi connectivity index (χ1) is 14.3. The van der Waals surface area contributed by atoms with Crippen molar-refractivity contribution in [1.29, 1.82) is 0 Å². The van der Waals surface area contributed by atoms with Crippen LogP contribution in [0.5, 0.6) is 0 Å². The number of pyridine rings is 1. The molecule has 29 heavy (non-hydrogen) atoms. The Bertz CT molecular complexity index is 1140. The lowest BCUT2D eigenvalue weighted by Crippen LogP contribution is -2.08. The number of nitrogens with one attached hydrogen (secondary N) is 2. The van der Waals surface area contributed by atoms with E-state index in [1.165, 1.54) is 48.9 Å². The monoisotopic (exact) mass is 382 g/mol. The van der Waals surface area contributed by atoms with Crippen molar-refractivity contribution in [3.05, 3.63) is 71.9 Å². The molecule has 0 radical (unpaired) electrons. The Hall–Kier alpha value is -3.14. The summed E-state index contributed by atoms with van der Waals surface area (Å²) < 4.78 is 0. The van der Waals surface area contributed by atoms with Crippen LogP contribution in [0.3, 0.4) is 0 Å². The van der Waals surface area contributed by atoms with Gasteiger partial charge in [-0.25, -0.2) is 0 Å². The van der Waals surface area contributed by atoms with E-state index in [9.17, 15) is 0 Å². The Morgan fingerprint density at radius 3 is 2.59 bits per heavy atom. The quantitative estimate of drug-likeness (QED) is 0.412. The van der Waals surface area contributed by atoms with Gasteiger partial charge in [-0.15, -0.1) is 0 Å². The number of rotatable bonds is 4. The molecule has 146 valence electrons. The number of aromatic nitrogens is 3. The summed E-state index contributed by atoms with van der Waals surface area (Å²) in [6, 6.07) is 21.1. The van der Waals surface area contributed by atoms with Crippen molar-refractivity contribution >= 4 is 22.4 Å². The minimum atomic E-state index is 0.546. The maximum Gasteiger partial charge on any atom is 0.160 e. The lowest BCUT2D eigenvalue weighted by atomic mass is 9.86. The molecular weight excluding hydrogens is 356 g/mol. The highest BCUT2D eigenvalue weighted by Crippen LogP contribution is 2.36. The van der Waals surface area contributed by atoms with E-state index in [2.05, 4.69) is 64.9 Å². The van der Waals surface area contributed by atoms with Gasteiger partial charge in [0.1, 0.15) is 0 Å². The predicted octanol–water partition coefficient (Wildman–Crippen LogP) is 6.72. The summed E-state index contributed by atoms with van der Waals surface area (Å²) in [6.07, 6.45) is 6.41. The van der Waals surface area contributed by atoms with Crippen LogP contribution >= 0.6 is 0 Å². The highest BCUT2D eigenvalue weighted by Gasteiger charge is 2.19. The van der Waals surface area contributed by atoms with Crippen molar-refractivity contribution in [2.75, 3.05) is 5.32 Å². The Labute approximate surface area is 171 Å². The van der Waals surface area contributed by atoms with Crippen molar-refractivity contribution in [3.63, 3.8) is 0 Å². The first-order valence-corrected chi connectivity index (χ1v) is 10.6. The SMILES string of the molecule is Cc1ccccc1-c1cc(Nc2n[nH]c3ccccc23)cc(C2CCCCC2)n1. The third-order valence-corrected chi connectivity index (χ3v) is 6.02. The second-order valence-corrected chi connectivity index (χ2v) is 8.06. The average molecular weight is 383 g/mol. The highest BCUT2D eigenvalue weighted by molar-refractivity contribution is 5.91. The first-order valence-electron chi connectivity index (χ1n) is 10.6. The number of H-pyrrole nitrogens is 1. The third-order valence-electron chi connectivity index (χ3n) is 6.02. The molecule has 0 amide bonds. The molecule has 2 aromatic heterocycles. The van der Waals surface area contributed by atoms with Crippen LogP contribution in [0.1, 0.15) is 49.3 Å². The molecule has 0 aliphatic heterocycles. The zero-order chi connectivity index (χ0) is 19.6. The molecule has 0 unspecified atom stereocenters. The molecule has 1 saturated carbocycles. The van der Waals surface area contributed by atoms with Crippen molar-refractivity contribution in [3.8, 4) is 11.3 Å². The minimum absolute atomic E-state index is 0.546. The maximum absolute atomic E-state index is 5.11. The molecule has 0 atom stereocenters. The van der Waals surface area contributed by atoms with E-state index in [-0.39, 0.29) is 0 Å². The summed E-state index contributed by atoms with van der Waals surface area (Å²) in [5, 5.41) is 12.3. The molecule has 0 spiro atoms. The fraction of sp³-hybridized carbons (Fsp3) is 0.280. The standard InChI is InChI=1S/C25H26N4/c1-17-9-5-6-12-20(17)24-16-19(15-23(27-24)18-10-3-2-4-11-18)26-25-21-13-7-8-14-22(21)28-29-25/h5-9,12-16,18H,2-4,10-11H2,1H3,(H2,26,27,28,29). The van der Waals surface area contributed by atoms with Gasteiger partial charge in [0.2, 0.25) is 0 Å². The van der Waals surface area contributed by atoms with Gasteiger partial charge in [0, 0.05) is 28.2 Å². The topological polar surface area (TPSA) is 53.6 Å². The van der Waals surface area contributed by atoms with E-state index in [4.69, 9.17) is 4.98 Å². The Morgan fingerprint density at radius 2 is 1.72 bits per heavy atom. The minimum Gasteiger partial charge on any atom is -0.338 e. The van der Waals surface area contributed by atoms with Gasteiger partial charge in [-0.3, -0.25) is 10.1 Å². The number of hydrogen-bond donors (Lipinski definition) is 2. The molecule has 4 aromatic rings. The fourth-order valence-electron chi connectivity index (χ4n) is 4.43. The molecule has 4 heteroatoms. The number of anilines is 2. The molecular formula is C25H26N4. The summed E-state index contributed by atoms with van der Waals surface area (Å²) in [5.41, 5.74) is 6.77. The van der Waals surface area contributed by atoms with Gasteiger partial charge in [-0.2, -0.15) is 5.10 Å². The smallest absolute Gasteiger partial charge is 0.160 e. The largest absolute Gasteiger partial charge is 0.338 e. The van der Waals surface area contributed by atoms with Crippen LogP contribution in [0, 0.1) is 6.92 Å². The average Bonchev–Trinajstić information content (AvgIpc) is 3.17. The van der Waals surface area contributed by atoms with Gasteiger partial charge in [-0.1, -0.05) is 55.7 Å². The molecule has 0 saturated heterocycles. The van der Waals surface area contributed by atoms with Crippen LogP contribution in [0.2, 0.25) is 0 Å². The van der Waals surface area contributed by atoms with Crippen molar-refractivity contribution in [2.45, 2.75) is 44.9 Å². The molecule has 1 aliphatic carbocycles. The fourth-order valence-corrected chi connectivity index (χ4v) is 4.43. The summed E-state index contributed by atoms with van der Waals surface area (Å²) >= 11 is 0. The summed E-state index contributed by atoms with van der Waals surface area (Å²) in [7, 11) is 0. The van der Waals surface area contributed by atoms with Gasteiger partial charge in [0.15, 0.2) is 5.82 Å². The van der Waals surface area contributed by atoms with Gasteiger partial charge in [-0.05, 0) is 49.6 Å². The van der Waals surface area contributed by atoms with E-state index in [0.717, 1.165) is 28.1 Å². The third kappa shape index (κ3) is 3.63. The molecule has 1 aliphatic rings. The van der Waals surface area contributed by atoms with Gasteiger partial charge in [0.25, 0.3) is 0 Å². The number of fused-ring (bicyclic) bond motifs is 1. The first kappa shape index (κ1) is 17.9. The lowest BCUT2D eigenvalue weighted by molar-refractivity contribution is 0.437. The van der Waals surface area contributed by atoms with Crippen LogP contribution < -0.4 is 5.32 Å². The van der Waals surface area contributed by atoms with E-state index in [1.54, 1.807) is 0 Å². The van der Waals surface area contributed by atoms with E-state index in [1.807, 2.05) is 18.2 Å². The molecule has 0 bridgehead atoms. The van der Waals surface area contributed by atoms with Crippen molar-refractivity contribution in [1.82, 2.24) is 15.2 Å². The Kier molecular flexibility index (Phi) is 4.76. The maximum atomic E-state index is 5.11. The molecule has 5 rings (SSSR count). The number of aryl methyl sites for hydroxylation is 1. The van der Waals surface area contributed by atoms with Gasteiger partial charge < -0.3 is 5.32 Å². The van der Waals surface area contributed by atoms with Crippen molar-refractivity contribution < 1.29 is 0 Å². The number of aromatic amines is 1. The van der Waals surface area contributed by atoms with E-state index in [0.29, 0.717) is 5.92 Å². The van der Waals surface area contributed by atoms with Crippen LogP contribution in [0.15, 0.2) is 60.7 Å². The van der Waals surface area contributed by atoms with Crippen LogP contribution in [0.4, 0.5) is 11.5 Å². The molecule has 2 heterocycles. The predicted molar refractivity (Wildman–Crippen MR) is 120 cm³/mol. The lowest BCUT2D eigenvalue weighted by Gasteiger charge is -2.22. The van der Waals surface area contributed by atoms with Gasteiger partial charge >= 0.3 is 0 Å².